The van der Waals surface area contributed by atoms with Crippen LogP contribution in [0.4, 0.5) is 0 Å². The average molecular weight is 352 g/mol. The zero-order valence-corrected chi connectivity index (χ0v) is 13.9. The highest BCUT2D eigenvalue weighted by Gasteiger charge is 2.17. The SMILES string of the molecule is C[C@@H](Sc1ccc(Cl)nn1)C(=O)NCc1ccc2c(c1)OCO2. The number of aromatic nitrogens is 2. The first kappa shape index (κ1) is 15.9. The number of thioether (sulfide) groups is 1. The highest BCUT2D eigenvalue weighted by atomic mass is 35.5. The van der Waals surface area contributed by atoms with Gasteiger partial charge in [-0.25, -0.2) is 0 Å². The van der Waals surface area contributed by atoms with E-state index in [9.17, 15) is 4.79 Å². The van der Waals surface area contributed by atoms with E-state index in [0.717, 1.165) is 11.3 Å². The van der Waals surface area contributed by atoms with Crippen molar-refractivity contribution in [3.05, 3.63) is 41.0 Å². The number of amides is 1. The minimum atomic E-state index is -0.292. The molecule has 1 aliphatic heterocycles. The Bertz CT molecular complexity index is 712. The maximum atomic E-state index is 12.2. The number of rotatable bonds is 5. The Hall–Kier alpha value is -1.99. The van der Waals surface area contributed by atoms with Gasteiger partial charge in [0.15, 0.2) is 16.7 Å². The number of carbonyl (C=O) groups excluding carboxylic acids is 1. The van der Waals surface area contributed by atoms with E-state index < -0.39 is 0 Å². The molecule has 0 saturated heterocycles. The van der Waals surface area contributed by atoms with Crippen LogP contribution in [0.15, 0.2) is 35.4 Å². The van der Waals surface area contributed by atoms with Gasteiger partial charge in [-0.2, -0.15) is 0 Å². The van der Waals surface area contributed by atoms with E-state index in [1.807, 2.05) is 25.1 Å². The second kappa shape index (κ2) is 7.06. The summed E-state index contributed by atoms with van der Waals surface area (Å²) in [6, 6.07) is 8.99. The summed E-state index contributed by atoms with van der Waals surface area (Å²) < 4.78 is 10.6. The van der Waals surface area contributed by atoms with E-state index >= 15 is 0 Å². The Morgan fingerprint density at radius 2 is 2.13 bits per heavy atom. The van der Waals surface area contributed by atoms with Crippen LogP contribution < -0.4 is 14.8 Å². The predicted octanol–water partition coefficient (Wildman–Crippen LogP) is 2.66. The largest absolute Gasteiger partial charge is 0.454 e. The highest BCUT2D eigenvalue weighted by Crippen LogP contribution is 2.32. The summed E-state index contributed by atoms with van der Waals surface area (Å²) in [7, 11) is 0. The lowest BCUT2D eigenvalue weighted by molar-refractivity contribution is -0.120. The number of benzene rings is 1. The fourth-order valence-electron chi connectivity index (χ4n) is 1.99. The number of nitrogens with zero attached hydrogens (tertiary/aromatic N) is 2. The first-order chi connectivity index (χ1) is 11.1. The molecule has 120 valence electrons. The molecule has 0 aliphatic carbocycles. The third-order valence-electron chi connectivity index (χ3n) is 3.18. The molecule has 1 atom stereocenters. The molecule has 0 bridgehead atoms. The molecule has 0 radical (unpaired) electrons. The fourth-order valence-corrected chi connectivity index (χ4v) is 2.87. The van der Waals surface area contributed by atoms with Crippen molar-refractivity contribution < 1.29 is 14.3 Å². The van der Waals surface area contributed by atoms with Gasteiger partial charge in [0, 0.05) is 6.54 Å². The molecule has 2 heterocycles. The number of ether oxygens (including phenoxy) is 2. The lowest BCUT2D eigenvalue weighted by Crippen LogP contribution is -2.30. The summed E-state index contributed by atoms with van der Waals surface area (Å²) in [5, 5.41) is 11.3. The van der Waals surface area contributed by atoms with Gasteiger partial charge in [-0.15, -0.1) is 10.2 Å². The fraction of sp³-hybridized carbons (Fsp3) is 0.267. The molecule has 3 rings (SSSR count). The van der Waals surface area contributed by atoms with Crippen molar-refractivity contribution in [1.29, 1.82) is 0 Å². The van der Waals surface area contributed by atoms with Gasteiger partial charge in [-0.1, -0.05) is 29.4 Å². The molecule has 1 N–H and O–H groups in total. The van der Waals surface area contributed by atoms with E-state index in [0.29, 0.717) is 22.5 Å². The average Bonchev–Trinajstić information content (AvgIpc) is 3.02. The van der Waals surface area contributed by atoms with Crippen LogP contribution in [-0.2, 0) is 11.3 Å². The van der Waals surface area contributed by atoms with E-state index in [4.69, 9.17) is 21.1 Å². The summed E-state index contributed by atoms with van der Waals surface area (Å²) >= 11 is 7.01. The number of carbonyl (C=O) groups is 1. The summed E-state index contributed by atoms with van der Waals surface area (Å²) in [6.07, 6.45) is 0. The predicted molar refractivity (Wildman–Crippen MR) is 86.8 cm³/mol. The van der Waals surface area contributed by atoms with E-state index in [1.54, 1.807) is 12.1 Å². The molecule has 1 amide bonds. The first-order valence-electron chi connectivity index (χ1n) is 6.94. The van der Waals surface area contributed by atoms with Crippen molar-refractivity contribution in [2.45, 2.75) is 23.7 Å². The van der Waals surface area contributed by atoms with Crippen LogP contribution in [0, 0.1) is 0 Å². The molecule has 0 spiro atoms. The third-order valence-corrected chi connectivity index (χ3v) is 4.41. The monoisotopic (exact) mass is 351 g/mol. The normalized spacial score (nSPS) is 13.7. The van der Waals surface area contributed by atoms with E-state index in [-0.39, 0.29) is 18.0 Å². The summed E-state index contributed by atoms with van der Waals surface area (Å²) in [5.41, 5.74) is 0.950. The number of halogens is 1. The zero-order valence-electron chi connectivity index (χ0n) is 12.3. The van der Waals surface area contributed by atoms with Crippen molar-refractivity contribution in [2.75, 3.05) is 6.79 Å². The molecule has 0 unspecified atom stereocenters. The van der Waals surface area contributed by atoms with Crippen LogP contribution >= 0.6 is 23.4 Å². The molecule has 1 aliphatic rings. The van der Waals surface area contributed by atoms with Gasteiger partial charge >= 0.3 is 0 Å². The minimum Gasteiger partial charge on any atom is -0.454 e. The van der Waals surface area contributed by atoms with Crippen LogP contribution in [0.5, 0.6) is 11.5 Å². The zero-order chi connectivity index (χ0) is 16.2. The lowest BCUT2D eigenvalue weighted by Gasteiger charge is -2.11. The standard InChI is InChI=1S/C15H14ClN3O3S/c1-9(23-14-5-4-13(16)18-19-14)15(20)17-7-10-2-3-11-12(6-10)22-8-21-11/h2-6,9H,7-8H2,1H3,(H,17,20)/t9-/m1/s1. The molecule has 8 heteroatoms. The smallest absolute Gasteiger partial charge is 0.233 e. The van der Waals surface area contributed by atoms with Crippen molar-refractivity contribution in [1.82, 2.24) is 15.5 Å². The Balaban J connectivity index is 1.53. The van der Waals surface area contributed by atoms with Gasteiger partial charge in [0.1, 0.15) is 5.03 Å². The van der Waals surface area contributed by atoms with Crippen molar-refractivity contribution >= 4 is 29.3 Å². The molecule has 0 fully saturated rings. The molecular weight excluding hydrogens is 338 g/mol. The second-order valence-corrected chi connectivity index (χ2v) is 6.61. The minimum absolute atomic E-state index is 0.0792. The molecule has 6 nitrogen and oxygen atoms in total. The third kappa shape index (κ3) is 4.05. The Morgan fingerprint density at radius 3 is 2.91 bits per heavy atom. The maximum absolute atomic E-state index is 12.2. The number of hydrogen-bond acceptors (Lipinski definition) is 6. The highest BCUT2D eigenvalue weighted by molar-refractivity contribution is 8.00. The van der Waals surface area contributed by atoms with Gasteiger partial charge in [0.05, 0.1) is 5.25 Å². The molecule has 1 aromatic carbocycles. The van der Waals surface area contributed by atoms with E-state index in [1.165, 1.54) is 11.8 Å². The number of fused-ring (bicyclic) bond motifs is 1. The Kier molecular flexibility index (Phi) is 4.88. The number of nitrogens with one attached hydrogen (secondary N) is 1. The van der Waals surface area contributed by atoms with Gasteiger partial charge < -0.3 is 14.8 Å². The summed E-state index contributed by atoms with van der Waals surface area (Å²) in [5.74, 6) is 1.35. The van der Waals surface area contributed by atoms with Gasteiger partial charge in [0.25, 0.3) is 0 Å². The summed E-state index contributed by atoms with van der Waals surface area (Å²) in [6.45, 7) is 2.48. The van der Waals surface area contributed by atoms with Crippen LogP contribution in [0.25, 0.3) is 0 Å². The molecule has 1 aromatic heterocycles. The quantitative estimate of drug-likeness (QED) is 0.835. The maximum Gasteiger partial charge on any atom is 0.233 e. The van der Waals surface area contributed by atoms with Gasteiger partial charge in [-0.05, 0) is 36.8 Å². The van der Waals surface area contributed by atoms with Crippen molar-refractivity contribution in [3.63, 3.8) is 0 Å². The van der Waals surface area contributed by atoms with Crippen LogP contribution in [0.2, 0.25) is 5.15 Å². The molecular formula is C15H14ClN3O3S. The molecule has 2 aromatic rings. The second-order valence-electron chi connectivity index (χ2n) is 4.86. The Labute approximate surface area is 142 Å². The van der Waals surface area contributed by atoms with Crippen LogP contribution in [0.1, 0.15) is 12.5 Å². The van der Waals surface area contributed by atoms with Crippen LogP contribution in [0.3, 0.4) is 0 Å². The first-order valence-corrected chi connectivity index (χ1v) is 8.20. The lowest BCUT2D eigenvalue weighted by atomic mass is 10.2. The number of hydrogen-bond donors (Lipinski definition) is 1. The van der Waals surface area contributed by atoms with Crippen LogP contribution in [-0.4, -0.2) is 28.1 Å². The molecule has 23 heavy (non-hydrogen) atoms. The van der Waals surface area contributed by atoms with Gasteiger partial charge in [0.2, 0.25) is 12.7 Å². The van der Waals surface area contributed by atoms with Crippen molar-refractivity contribution in [2.24, 2.45) is 0 Å². The molecule has 0 saturated carbocycles. The van der Waals surface area contributed by atoms with Gasteiger partial charge in [-0.3, -0.25) is 4.79 Å². The Morgan fingerprint density at radius 1 is 1.30 bits per heavy atom. The van der Waals surface area contributed by atoms with Crippen molar-refractivity contribution in [3.8, 4) is 11.5 Å². The van der Waals surface area contributed by atoms with E-state index in [2.05, 4.69) is 15.5 Å². The summed E-state index contributed by atoms with van der Waals surface area (Å²) in [4.78, 5) is 12.2. The topological polar surface area (TPSA) is 73.3 Å².